The Morgan fingerprint density at radius 3 is 2.41 bits per heavy atom. The van der Waals surface area contributed by atoms with E-state index in [4.69, 9.17) is 9.47 Å². The summed E-state index contributed by atoms with van der Waals surface area (Å²) in [5.74, 6) is -2.00. The zero-order valence-corrected chi connectivity index (χ0v) is 16.0. The molecule has 2 fully saturated rings. The molecule has 4 rings (SSSR count). The fraction of sp³-hybridized carbons (Fsp3) is 0.429. The molecular formula is C21H22N2O6. The largest absolute Gasteiger partial charge is 0.492 e. The summed E-state index contributed by atoms with van der Waals surface area (Å²) < 4.78 is 10.4. The first-order valence-corrected chi connectivity index (χ1v) is 9.70. The van der Waals surface area contributed by atoms with Crippen molar-refractivity contribution in [2.45, 2.75) is 13.3 Å². The molecule has 4 atom stereocenters. The van der Waals surface area contributed by atoms with Crippen LogP contribution in [0.1, 0.15) is 13.3 Å². The molecule has 1 heterocycles. The zero-order chi connectivity index (χ0) is 20.5. The molecule has 1 aliphatic heterocycles. The summed E-state index contributed by atoms with van der Waals surface area (Å²) in [6, 6.07) is 6.91. The maximum absolute atomic E-state index is 12.6. The van der Waals surface area contributed by atoms with Crippen molar-refractivity contribution in [1.82, 2.24) is 4.90 Å². The SMILES string of the molecule is CCOc1ccccc1NC(=O)COC(=O)CN1C(=O)C2C3C=CC(C3)C2C1=O. The molecule has 0 spiro atoms. The molecule has 8 heteroatoms. The number of hydrogen-bond acceptors (Lipinski definition) is 6. The number of carbonyl (C=O) groups excluding carboxylic acids is 4. The maximum atomic E-state index is 12.6. The Hall–Kier alpha value is -3.16. The molecule has 152 valence electrons. The fourth-order valence-corrected chi connectivity index (χ4v) is 4.48. The van der Waals surface area contributed by atoms with Crippen molar-refractivity contribution < 1.29 is 28.7 Å². The van der Waals surface area contributed by atoms with E-state index in [-0.39, 0.29) is 35.5 Å². The third-order valence-electron chi connectivity index (χ3n) is 5.67. The molecule has 4 unspecified atom stereocenters. The number of rotatable bonds is 7. The van der Waals surface area contributed by atoms with Crippen LogP contribution in [0.2, 0.25) is 0 Å². The number of ether oxygens (including phenoxy) is 2. The first kappa shape index (κ1) is 19.2. The second kappa shape index (κ2) is 7.69. The number of likely N-dealkylation sites (tertiary alicyclic amines) is 1. The Morgan fingerprint density at radius 1 is 1.10 bits per heavy atom. The first-order chi connectivity index (χ1) is 14.0. The van der Waals surface area contributed by atoms with Crippen molar-refractivity contribution >= 4 is 29.4 Å². The number of hydrogen-bond donors (Lipinski definition) is 1. The number of nitrogens with one attached hydrogen (secondary N) is 1. The minimum atomic E-state index is -0.791. The van der Waals surface area contributed by atoms with Crippen LogP contribution in [0.25, 0.3) is 0 Å². The molecule has 1 saturated carbocycles. The first-order valence-electron chi connectivity index (χ1n) is 9.70. The van der Waals surface area contributed by atoms with Crippen LogP contribution in [0.4, 0.5) is 5.69 Å². The number of esters is 1. The van der Waals surface area contributed by atoms with Gasteiger partial charge in [0, 0.05) is 0 Å². The molecule has 1 aromatic rings. The number of imide groups is 1. The third kappa shape index (κ3) is 3.50. The smallest absolute Gasteiger partial charge is 0.326 e. The number of para-hydroxylation sites is 2. The molecule has 3 aliphatic rings. The van der Waals surface area contributed by atoms with Crippen molar-refractivity contribution in [2.75, 3.05) is 25.1 Å². The van der Waals surface area contributed by atoms with Gasteiger partial charge in [-0.15, -0.1) is 0 Å². The summed E-state index contributed by atoms with van der Waals surface area (Å²) in [4.78, 5) is 50.3. The van der Waals surface area contributed by atoms with Crippen LogP contribution in [-0.2, 0) is 23.9 Å². The molecule has 3 amide bonds. The zero-order valence-electron chi connectivity index (χ0n) is 16.0. The lowest BCUT2D eigenvalue weighted by Gasteiger charge is -2.16. The van der Waals surface area contributed by atoms with Crippen molar-refractivity contribution in [3.63, 3.8) is 0 Å². The second-order valence-electron chi connectivity index (χ2n) is 7.40. The highest BCUT2D eigenvalue weighted by atomic mass is 16.5. The van der Waals surface area contributed by atoms with Crippen molar-refractivity contribution in [1.29, 1.82) is 0 Å². The Labute approximate surface area is 167 Å². The van der Waals surface area contributed by atoms with Crippen LogP contribution in [0.3, 0.4) is 0 Å². The minimum Gasteiger partial charge on any atom is -0.492 e. The highest BCUT2D eigenvalue weighted by Crippen LogP contribution is 2.52. The van der Waals surface area contributed by atoms with Gasteiger partial charge in [0.15, 0.2) is 6.61 Å². The van der Waals surface area contributed by atoms with E-state index >= 15 is 0 Å². The molecule has 2 bridgehead atoms. The standard InChI is InChI=1S/C21H22N2O6/c1-2-28-15-6-4-3-5-14(15)22-16(24)11-29-17(25)10-23-20(26)18-12-7-8-13(9-12)19(18)21(23)27/h3-8,12-13,18-19H,2,9-11H2,1H3,(H,22,24). The minimum absolute atomic E-state index is 0.0821. The fourth-order valence-electron chi connectivity index (χ4n) is 4.48. The number of amides is 3. The molecule has 0 radical (unpaired) electrons. The van der Waals surface area contributed by atoms with E-state index in [1.165, 1.54) is 0 Å². The summed E-state index contributed by atoms with van der Waals surface area (Å²) in [6.07, 6.45) is 4.81. The molecule has 1 aromatic carbocycles. The highest BCUT2D eigenvalue weighted by Gasteiger charge is 2.59. The quantitative estimate of drug-likeness (QED) is 0.423. The van der Waals surface area contributed by atoms with Gasteiger partial charge in [0.1, 0.15) is 12.3 Å². The predicted octanol–water partition coefficient (Wildman–Crippen LogP) is 1.37. The average molecular weight is 398 g/mol. The van der Waals surface area contributed by atoms with E-state index < -0.39 is 25.0 Å². The topological polar surface area (TPSA) is 102 Å². The van der Waals surface area contributed by atoms with E-state index in [2.05, 4.69) is 5.32 Å². The number of anilines is 1. The molecule has 0 aromatic heterocycles. The lowest BCUT2D eigenvalue weighted by molar-refractivity contribution is -0.154. The van der Waals surface area contributed by atoms with Gasteiger partial charge in [0.05, 0.1) is 24.1 Å². The monoisotopic (exact) mass is 398 g/mol. The van der Waals surface area contributed by atoms with Crippen LogP contribution in [-0.4, -0.2) is 48.3 Å². The lowest BCUT2D eigenvalue weighted by Crippen LogP contribution is -2.38. The summed E-state index contributed by atoms with van der Waals surface area (Å²) in [5.41, 5.74) is 0.469. The van der Waals surface area contributed by atoms with Gasteiger partial charge in [-0.3, -0.25) is 24.1 Å². The van der Waals surface area contributed by atoms with Crippen molar-refractivity contribution in [3.8, 4) is 5.75 Å². The third-order valence-corrected chi connectivity index (χ3v) is 5.67. The Kier molecular flexibility index (Phi) is 5.08. The van der Waals surface area contributed by atoms with E-state index in [9.17, 15) is 19.2 Å². The molecule has 2 aliphatic carbocycles. The van der Waals surface area contributed by atoms with E-state index in [1.807, 2.05) is 19.1 Å². The van der Waals surface area contributed by atoms with Gasteiger partial charge >= 0.3 is 5.97 Å². The second-order valence-corrected chi connectivity index (χ2v) is 7.40. The summed E-state index contributed by atoms with van der Waals surface area (Å²) in [6.45, 7) is 1.29. The summed E-state index contributed by atoms with van der Waals surface area (Å²) >= 11 is 0. The number of carbonyl (C=O) groups is 4. The van der Waals surface area contributed by atoms with E-state index in [0.717, 1.165) is 11.3 Å². The average Bonchev–Trinajstić information content (AvgIpc) is 3.38. The molecule has 8 nitrogen and oxygen atoms in total. The number of allylic oxidation sites excluding steroid dienone is 2. The Morgan fingerprint density at radius 2 is 1.76 bits per heavy atom. The van der Waals surface area contributed by atoms with Crippen LogP contribution >= 0.6 is 0 Å². The number of nitrogens with zero attached hydrogens (tertiary/aromatic N) is 1. The lowest BCUT2D eigenvalue weighted by atomic mass is 9.85. The Balaban J connectivity index is 1.29. The summed E-state index contributed by atoms with van der Waals surface area (Å²) in [5, 5.41) is 2.62. The van der Waals surface area contributed by atoms with Gasteiger partial charge in [0.2, 0.25) is 11.8 Å². The van der Waals surface area contributed by atoms with Gasteiger partial charge < -0.3 is 14.8 Å². The predicted molar refractivity (Wildman–Crippen MR) is 102 cm³/mol. The normalized spacial score (nSPS) is 26.6. The van der Waals surface area contributed by atoms with Crippen LogP contribution in [0.5, 0.6) is 5.75 Å². The van der Waals surface area contributed by atoms with Crippen molar-refractivity contribution in [2.24, 2.45) is 23.7 Å². The van der Waals surface area contributed by atoms with Gasteiger partial charge in [0.25, 0.3) is 5.91 Å². The number of fused-ring (bicyclic) bond motifs is 5. The van der Waals surface area contributed by atoms with E-state index in [1.54, 1.807) is 24.3 Å². The Bertz CT molecular complexity index is 865. The molecular weight excluding hydrogens is 376 g/mol. The van der Waals surface area contributed by atoms with Crippen LogP contribution in [0.15, 0.2) is 36.4 Å². The van der Waals surface area contributed by atoms with Crippen LogP contribution in [0, 0.1) is 23.7 Å². The molecule has 29 heavy (non-hydrogen) atoms. The molecule has 1 saturated heterocycles. The van der Waals surface area contributed by atoms with Gasteiger partial charge in [-0.1, -0.05) is 24.3 Å². The van der Waals surface area contributed by atoms with Gasteiger partial charge in [-0.05, 0) is 37.3 Å². The van der Waals surface area contributed by atoms with E-state index in [0.29, 0.717) is 18.0 Å². The van der Waals surface area contributed by atoms with Gasteiger partial charge in [-0.25, -0.2) is 0 Å². The highest BCUT2D eigenvalue weighted by molar-refractivity contribution is 6.08. The van der Waals surface area contributed by atoms with Crippen molar-refractivity contribution in [3.05, 3.63) is 36.4 Å². The summed E-state index contributed by atoms with van der Waals surface area (Å²) in [7, 11) is 0. The van der Waals surface area contributed by atoms with Crippen LogP contribution < -0.4 is 10.1 Å². The van der Waals surface area contributed by atoms with Gasteiger partial charge in [-0.2, -0.15) is 0 Å². The molecule has 1 N–H and O–H groups in total. The maximum Gasteiger partial charge on any atom is 0.326 e. The number of benzene rings is 1.